The van der Waals surface area contributed by atoms with E-state index in [0.29, 0.717) is 19.3 Å². The van der Waals surface area contributed by atoms with Gasteiger partial charge in [0.15, 0.2) is 0 Å². The summed E-state index contributed by atoms with van der Waals surface area (Å²) >= 11 is 0. The number of rotatable bonds is 3. The van der Waals surface area contributed by atoms with Gasteiger partial charge < -0.3 is 15.0 Å². The van der Waals surface area contributed by atoms with Crippen LogP contribution in [-0.4, -0.2) is 67.2 Å². The molecule has 2 fully saturated rings. The molecular formula is C18H29Cl2N3O2. The van der Waals surface area contributed by atoms with E-state index in [1.807, 2.05) is 4.90 Å². The molecule has 1 aromatic rings. The molecular weight excluding hydrogens is 361 g/mol. The van der Waals surface area contributed by atoms with Crippen molar-refractivity contribution in [3.05, 3.63) is 35.9 Å². The molecule has 2 atom stereocenters. The Morgan fingerprint density at radius 3 is 2.64 bits per heavy atom. The van der Waals surface area contributed by atoms with E-state index in [1.165, 1.54) is 5.56 Å². The molecule has 7 heteroatoms. The molecule has 2 heterocycles. The molecule has 25 heavy (non-hydrogen) atoms. The number of morpholine rings is 1. The van der Waals surface area contributed by atoms with Crippen LogP contribution in [0, 0.1) is 0 Å². The number of halogens is 2. The summed E-state index contributed by atoms with van der Waals surface area (Å²) in [4.78, 5) is 17.1. The number of amides is 1. The van der Waals surface area contributed by atoms with Gasteiger partial charge in [0.25, 0.3) is 0 Å². The van der Waals surface area contributed by atoms with Crippen molar-refractivity contribution in [3.63, 3.8) is 0 Å². The number of ether oxygens (including phenoxy) is 1. The molecule has 2 saturated heterocycles. The number of nitrogens with zero attached hydrogens (tertiary/aromatic N) is 2. The fourth-order valence-electron chi connectivity index (χ4n) is 3.32. The second-order valence-corrected chi connectivity index (χ2v) is 6.50. The standard InChI is InChI=1S/C18H27N3O2.2ClH/c1-15-7-9-20(18(22)17-14-23-12-8-19-17)10-11-21(15)13-16-5-3-2-4-6-16;;/h2-6,15,17,19H,7-14H2,1H3;2*1H. The van der Waals surface area contributed by atoms with Crippen LogP contribution in [0.3, 0.4) is 0 Å². The highest BCUT2D eigenvalue weighted by Crippen LogP contribution is 2.15. The Labute approximate surface area is 162 Å². The van der Waals surface area contributed by atoms with Crippen molar-refractivity contribution < 1.29 is 9.53 Å². The highest BCUT2D eigenvalue weighted by atomic mass is 35.5. The first-order valence-electron chi connectivity index (χ1n) is 8.62. The predicted octanol–water partition coefficient (Wildman–Crippen LogP) is 1.94. The Balaban J connectivity index is 0.00000156. The summed E-state index contributed by atoms with van der Waals surface area (Å²) in [6.07, 6.45) is 1.02. The van der Waals surface area contributed by atoms with Gasteiger partial charge in [0.2, 0.25) is 5.91 Å². The number of hydrogen-bond acceptors (Lipinski definition) is 4. The smallest absolute Gasteiger partial charge is 0.242 e. The third-order valence-electron chi connectivity index (χ3n) is 4.86. The molecule has 0 aliphatic carbocycles. The maximum Gasteiger partial charge on any atom is 0.242 e. The summed E-state index contributed by atoms with van der Waals surface area (Å²) in [6.45, 7) is 7.74. The van der Waals surface area contributed by atoms with Crippen LogP contribution in [0.2, 0.25) is 0 Å². The van der Waals surface area contributed by atoms with Crippen molar-refractivity contribution in [3.8, 4) is 0 Å². The minimum Gasteiger partial charge on any atom is -0.378 e. The van der Waals surface area contributed by atoms with Gasteiger partial charge in [0.05, 0.1) is 13.2 Å². The van der Waals surface area contributed by atoms with Crippen LogP contribution in [-0.2, 0) is 16.1 Å². The Kier molecular flexibility index (Phi) is 9.75. The lowest BCUT2D eigenvalue weighted by atomic mass is 10.1. The maximum absolute atomic E-state index is 12.6. The molecule has 0 aromatic heterocycles. The number of hydrogen-bond donors (Lipinski definition) is 1. The lowest BCUT2D eigenvalue weighted by Crippen LogP contribution is -2.53. The molecule has 5 nitrogen and oxygen atoms in total. The lowest BCUT2D eigenvalue weighted by Gasteiger charge is -2.29. The van der Waals surface area contributed by atoms with E-state index in [0.717, 1.165) is 39.1 Å². The van der Waals surface area contributed by atoms with E-state index in [2.05, 4.69) is 47.5 Å². The van der Waals surface area contributed by atoms with Crippen LogP contribution in [0.1, 0.15) is 18.9 Å². The van der Waals surface area contributed by atoms with Crippen LogP contribution >= 0.6 is 24.8 Å². The molecule has 0 saturated carbocycles. The van der Waals surface area contributed by atoms with Gasteiger partial charge in [0, 0.05) is 38.8 Å². The minimum atomic E-state index is -0.167. The van der Waals surface area contributed by atoms with Crippen molar-refractivity contribution in [2.75, 3.05) is 39.4 Å². The monoisotopic (exact) mass is 389 g/mol. The van der Waals surface area contributed by atoms with E-state index in [-0.39, 0.29) is 36.8 Å². The highest BCUT2D eigenvalue weighted by Gasteiger charge is 2.29. The van der Waals surface area contributed by atoms with E-state index in [9.17, 15) is 4.79 Å². The molecule has 1 aromatic carbocycles. The van der Waals surface area contributed by atoms with E-state index >= 15 is 0 Å². The summed E-state index contributed by atoms with van der Waals surface area (Å²) in [7, 11) is 0. The summed E-state index contributed by atoms with van der Waals surface area (Å²) in [6, 6.07) is 10.9. The topological polar surface area (TPSA) is 44.8 Å². The van der Waals surface area contributed by atoms with Crippen molar-refractivity contribution in [2.45, 2.75) is 32.0 Å². The normalized spacial score (nSPS) is 24.6. The molecule has 3 rings (SSSR count). The SMILES string of the molecule is CC1CCN(C(=O)C2COCCN2)CCN1Cc1ccccc1.Cl.Cl. The predicted molar refractivity (Wildman–Crippen MR) is 105 cm³/mol. The zero-order valence-electron chi connectivity index (χ0n) is 14.7. The molecule has 2 aliphatic rings. The van der Waals surface area contributed by atoms with Crippen LogP contribution < -0.4 is 5.32 Å². The lowest BCUT2D eigenvalue weighted by molar-refractivity contribution is -0.136. The van der Waals surface area contributed by atoms with Gasteiger partial charge >= 0.3 is 0 Å². The average molecular weight is 390 g/mol. The number of nitrogens with one attached hydrogen (secondary N) is 1. The molecule has 1 N–H and O–H groups in total. The first kappa shape index (κ1) is 22.2. The van der Waals surface area contributed by atoms with Gasteiger partial charge in [0.1, 0.15) is 6.04 Å². The van der Waals surface area contributed by atoms with Gasteiger partial charge in [-0.05, 0) is 18.9 Å². The van der Waals surface area contributed by atoms with E-state index < -0.39 is 0 Å². The second-order valence-electron chi connectivity index (χ2n) is 6.50. The largest absolute Gasteiger partial charge is 0.378 e. The molecule has 142 valence electrons. The molecule has 0 bridgehead atoms. The molecule has 0 radical (unpaired) electrons. The number of carbonyl (C=O) groups excluding carboxylic acids is 1. The number of benzene rings is 1. The summed E-state index contributed by atoms with van der Waals surface area (Å²) in [5.41, 5.74) is 1.33. The molecule has 0 spiro atoms. The van der Waals surface area contributed by atoms with Crippen LogP contribution in [0.4, 0.5) is 0 Å². The quantitative estimate of drug-likeness (QED) is 0.857. The van der Waals surface area contributed by atoms with E-state index in [4.69, 9.17) is 4.74 Å². The third-order valence-corrected chi connectivity index (χ3v) is 4.86. The molecule has 2 aliphatic heterocycles. The Hall–Kier alpha value is -0.850. The average Bonchev–Trinajstić information content (AvgIpc) is 2.78. The highest BCUT2D eigenvalue weighted by molar-refractivity contribution is 5.85. The summed E-state index contributed by atoms with van der Waals surface area (Å²) < 4.78 is 5.43. The van der Waals surface area contributed by atoms with Crippen molar-refractivity contribution in [2.24, 2.45) is 0 Å². The maximum atomic E-state index is 12.6. The zero-order chi connectivity index (χ0) is 16.1. The van der Waals surface area contributed by atoms with Crippen molar-refractivity contribution >= 4 is 30.7 Å². The Morgan fingerprint density at radius 1 is 1.20 bits per heavy atom. The zero-order valence-corrected chi connectivity index (χ0v) is 16.4. The van der Waals surface area contributed by atoms with Gasteiger partial charge in [-0.3, -0.25) is 9.69 Å². The number of carbonyl (C=O) groups is 1. The minimum absolute atomic E-state index is 0. The first-order chi connectivity index (χ1) is 11.2. The first-order valence-corrected chi connectivity index (χ1v) is 8.62. The van der Waals surface area contributed by atoms with Gasteiger partial charge in [-0.1, -0.05) is 30.3 Å². The van der Waals surface area contributed by atoms with Gasteiger partial charge in [-0.2, -0.15) is 0 Å². The van der Waals surface area contributed by atoms with Crippen LogP contribution in [0.5, 0.6) is 0 Å². The molecule has 1 amide bonds. The van der Waals surface area contributed by atoms with Gasteiger partial charge in [-0.15, -0.1) is 24.8 Å². The second kappa shape index (κ2) is 11.0. The Bertz CT molecular complexity index is 512. The fourth-order valence-corrected chi connectivity index (χ4v) is 3.32. The van der Waals surface area contributed by atoms with Crippen LogP contribution in [0.15, 0.2) is 30.3 Å². The Morgan fingerprint density at radius 2 is 1.96 bits per heavy atom. The summed E-state index contributed by atoms with van der Waals surface area (Å²) in [5.74, 6) is 0.193. The summed E-state index contributed by atoms with van der Waals surface area (Å²) in [5, 5.41) is 3.27. The van der Waals surface area contributed by atoms with Crippen LogP contribution in [0.25, 0.3) is 0 Å². The van der Waals surface area contributed by atoms with Gasteiger partial charge in [-0.25, -0.2) is 0 Å². The van der Waals surface area contributed by atoms with Crippen molar-refractivity contribution in [1.82, 2.24) is 15.1 Å². The fraction of sp³-hybridized carbons (Fsp3) is 0.611. The van der Waals surface area contributed by atoms with E-state index in [1.54, 1.807) is 0 Å². The molecule has 2 unspecified atom stereocenters. The third kappa shape index (κ3) is 6.12. The van der Waals surface area contributed by atoms with Crippen molar-refractivity contribution in [1.29, 1.82) is 0 Å².